The van der Waals surface area contributed by atoms with Crippen molar-refractivity contribution >= 4 is 21.6 Å². The van der Waals surface area contributed by atoms with Crippen molar-refractivity contribution in [1.29, 1.82) is 0 Å². The molecular weight excluding hydrogens is 370 g/mol. The van der Waals surface area contributed by atoms with Crippen molar-refractivity contribution in [2.24, 2.45) is 5.92 Å². The van der Waals surface area contributed by atoms with Crippen LogP contribution in [-0.2, 0) is 16.4 Å². The quantitative estimate of drug-likeness (QED) is 0.698. The Balaban J connectivity index is 2.09. The van der Waals surface area contributed by atoms with Gasteiger partial charge in [-0.1, -0.05) is 55.8 Å². The molecule has 26 heavy (non-hydrogen) atoms. The first-order valence-electron chi connectivity index (χ1n) is 8.76. The number of aryl methyl sites for hydroxylation is 1. The average Bonchev–Trinajstić information content (AvgIpc) is 2.60. The second kappa shape index (κ2) is 9.51. The van der Waals surface area contributed by atoms with E-state index in [1.165, 1.54) is 16.4 Å². The fourth-order valence-corrected chi connectivity index (χ4v) is 4.50. The lowest BCUT2D eigenvalue weighted by Crippen LogP contribution is -2.40. The molecule has 0 aliphatic rings. The van der Waals surface area contributed by atoms with E-state index in [0.29, 0.717) is 24.4 Å². The summed E-state index contributed by atoms with van der Waals surface area (Å²) in [5, 5.41) is 10.9. The third kappa shape index (κ3) is 6.09. The molecular formula is C20H26ClNO3S. The minimum atomic E-state index is -3.68. The van der Waals surface area contributed by atoms with Gasteiger partial charge in [-0.25, -0.2) is 8.42 Å². The molecule has 1 atom stereocenters. The highest BCUT2D eigenvalue weighted by Gasteiger charge is 2.27. The average molecular weight is 396 g/mol. The van der Waals surface area contributed by atoms with Crippen molar-refractivity contribution < 1.29 is 13.5 Å². The Bertz CT molecular complexity index is 776. The molecule has 0 aliphatic carbocycles. The van der Waals surface area contributed by atoms with Crippen molar-refractivity contribution in [3.63, 3.8) is 0 Å². The highest BCUT2D eigenvalue weighted by atomic mass is 35.5. The Morgan fingerprint density at radius 3 is 2.19 bits per heavy atom. The summed E-state index contributed by atoms with van der Waals surface area (Å²) in [6.45, 7) is 4.35. The zero-order chi connectivity index (χ0) is 19.2. The van der Waals surface area contributed by atoms with E-state index in [0.717, 1.165) is 5.56 Å². The van der Waals surface area contributed by atoms with Crippen molar-refractivity contribution in [3.8, 4) is 0 Å². The normalized spacial score (nSPS) is 13.3. The largest absolute Gasteiger partial charge is 0.392 e. The maximum Gasteiger partial charge on any atom is 0.243 e. The van der Waals surface area contributed by atoms with E-state index in [1.807, 2.05) is 44.2 Å². The van der Waals surface area contributed by atoms with Crippen LogP contribution in [0.1, 0.15) is 25.8 Å². The molecule has 0 unspecified atom stereocenters. The SMILES string of the molecule is CC(C)CN(C[C@H](O)CCc1ccccc1)S(=O)(=O)c1ccc(Cl)cc1. The van der Waals surface area contributed by atoms with Gasteiger partial charge >= 0.3 is 0 Å². The van der Waals surface area contributed by atoms with E-state index in [1.54, 1.807) is 12.1 Å². The Kier molecular flexibility index (Phi) is 7.65. The molecule has 0 aliphatic heterocycles. The molecule has 0 amide bonds. The Morgan fingerprint density at radius 2 is 1.62 bits per heavy atom. The topological polar surface area (TPSA) is 57.6 Å². The summed E-state index contributed by atoms with van der Waals surface area (Å²) in [4.78, 5) is 0.192. The van der Waals surface area contributed by atoms with Crippen LogP contribution in [0.25, 0.3) is 0 Å². The predicted molar refractivity (Wildman–Crippen MR) is 106 cm³/mol. The summed E-state index contributed by atoms with van der Waals surface area (Å²) in [5.74, 6) is 0.151. The molecule has 0 spiro atoms. The molecule has 142 valence electrons. The van der Waals surface area contributed by atoms with Gasteiger partial charge in [0.1, 0.15) is 0 Å². The molecule has 1 N–H and O–H groups in total. The molecule has 0 radical (unpaired) electrons. The standard InChI is InChI=1S/C20H26ClNO3S/c1-16(2)14-22(26(24,25)20-12-9-18(21)10-13-20)15-19(23)11-8-17-6-4-3-5-7-17/h3-7,9-10,12-13,16,19,23H,8,11,14-15H2,1-2H3/t19-/m1/s1. The summed E-state index contributed by atoms with van der Waals surface area (Å²) < 4.78 is 27.3. The van der Waals surface area contributed by atoms with Crippen LogP contribution in [0, 0.1) is 5.92 Å². The van der Waals surface area contributed by atoms with Gasteiger partial charge in [0, 0.05) is 18.1 Å². The van der Waals surface area contributed by atoms with Gasteiger partial charge in [-0.2, -0.15) is 4.31 Å². The molecule has 0 bridgehead atoms. The zero-order valence-corrected chi connectivity index (χ0v) is 16.7. The summed E-state index contributed by atoms with van der Waals surface area (Å²) in [7, 11) is -3.68. The van der Waals surface area contributed by atoms with Crippen LogP contribution in [0.3, 0.4) is 0 Å². The first-order valence-corrected chi connectivity index (χ1v) is 10.6. The Morgan fingerprint density at radius 1 is 1.00 bits per heavy atom. The molecule has 6 heteroatoms. The number of hydrogen-bond donors (Lipinski definition) is 1. The minimum Gasteiger partial charge on any atom is -0.392 e. The van der Waals surface area contributed by atoms with E-state index in [-0.39, 0.29) is 17.4 Å². The molecule has 0 saturated heterocycles. The van der Waals surface area contributed by atoms with Gasteiger partial charge in [-0.05, 0) is 48.6 Å². The van der Waals surface area contributed by atoms with Gasteiger partial charge in [0.15, 0.2) is 0 Å². The number of sulfonamides is 1. The Hall–Kier alpha value is -1.40. The minimum absolute atomic E-state index is 0.0793. The highest BCUT2D eigenvalue weighted by Crippen LogP contribution is 2.20. The van der Waals surface area contributed by atoms with Gasteiger partial charge in [0.05, 0.1) is 11.0 Å². The summed E-state index contributed by atoms with van der Waals surface area (Å²) in [5.41, 5.74) is 1.13. The maximum atomic E-state index is 13.0. The smallest absolute Gasteiger partial charge is 0.243 e. The van der Waals surface area contributed by atoms with Crippen LogP contribution in [0.15, 0.2) is 59.5 Å². The van der Waals surface area contributed by atoms with Crippen LogP contribution in [-0.4, -0.2) is 37.0 Å². The molecule has 2 aromatic rings. The summed E-state index contributed by atoms with van der Waals surface area (Å²) in [6, 6.07) is 16.0. The van der Waals surface area contributed by atoms with Crippen molar-refractivity contribution in [3.05, 3.63) is 65.2 Å². The van der Waals surface area contributed by atoms with E-state index in [2.05, 4.69) is 0 Å². The number of aliphatic hydroxyl groups is 1. The number of hydrogen-bond acceptors (Lipinski definition) is 3. The first kappa shape index (κ1) is 20.9. The monoisotopic (exact) mass is 395 g/mol. The number of rotatable bonds is 9. The van der Waals surface area contributed by atoms with Crippen LogP contribution >= 0.6 is 11.6 Å². The second-order valence-electron chi connectivity index (χ2n) is 6.85. The van der Waals surface area contributed by atoms with Crippen LogP contribution < -0.4 is 0 Å². The number of halogens is 1. The van der Waals surface area contributed by atoms with Gasteiger partial charge < -0.3 is 5.11 Å². The fourth-order valence-electron chi connectivity index (χ4n) is 2.74. The summed E-state index contributed by atoms with van der Waals surface area (Å²) >= 11 is 5.86. The molecule has 0 aromatic heterocycles. The molecule has 0 heterocycles. The first-order chi connectivity index (χ1) is 12.3. The third-order valence-corrected chi connectivity index (χ3v) is 6.14. The molecule has 2 aromatic carbocycles. The van der Waals surface area contributed by atoms with Crippen LogP contribution in [0.5, 0.6) is 0 Å². The van der Waals surface area contributed by atoms with Gasteiger partial charge in [0.25, 0.3) is 0 Å². The Labute approximate surface area is 161 Å². The van der Waals surface area contributed by atoms with Crippen molar-refractivity contribution in [2.45, 2.75) is 37.7 Å². The maximum absolute atomic E-state index is 13.0. The van der Waals surface area contributed by atoms with Crippen molar-refractivity contribution in [1.82, 2.24) is 4.31 Å². The number of aliphatic hydroxyl groups excluding tert-OH is 1. The fraction of sp³-hybridized carbons (Fsp3) is 0.400. The zero-order valence-electron chi connectivity index (χ0n) is 15.2. The second-order valence-corrected chi connectivity index (χ2v) is 9.22. The predicted octanol–water partition coefficient (Wildman–Crippen LogP) is 3.98. The molecule has 0 fully saturated rings. The lowest BCUT2D eigenvalue weighted by Gasteiger charge is -2.26. The lowest BCUT2D eigenvalue weighted by molar-refractivity contribution is 0.133. The van der Waals surface area contributed by atoms with Crippen LogP contribution in [0.4, 0.5) is 0 Å². The number of nitrogens with zero attached hydrogens (tertiary/aromatic N) is 1. The van der Waals surface area contributed by atoms with Crippen molar-refractivity contribution in [2.75, 3.05) is 13.1 Å². The third-order valence-electron chi connectivity index (χ3n) is 4.04. The van der Waals surface area contributed by atoms with Gasteiger partial charge in [-0.3, -0.25) is 0 Å². The van der Waals surface area contributed by atoms with E-state index in [4.69, 9.17) is 11.6 Å². The van der Waals surface area contributed by atoms with Gasteiger partial charge in [0.2, 0.25) is 10.0 Å². The van der Waals surface area contributed by atoms with E-state index < -0.39 is 16.1 Å². The highest BCUT2D eigenvalue weighted by molar-refractivity contribution is 7.89. The lowest BCUT2D eigenvalue weighted by atomic mass is 10.1. The van der Waals surface area contributed by atoms with E-state index >= 15 is 0 Å². The van der Waals surface area contributed by atoms with Gasteiger partial charge in [-0.15, -0.1) is 0 Å². The molecule has 0 saturated carbocycles. The number of benzene rings is 2. The molecule has 2 rings (SSSR count). The van der Waals surface area contributed by atoms with E-state index in [9.17, 15) is 13.5 Å². The summed E-state index contributed by atoms with van der Waals surface area (Å²) in [6.07, 6.45) is 0.490. The van der Waals surface area contributed by atoms with Crippen LogP contribution in [0.2, 0.25) is 5.02 Å². The molecule has 4 nitrogen and oxygen atoms in total.